The van der Waals surface area contributed by atoms with Crippen LogP contribution in [-0.4, -0.2) is 27.1 Å². The largest absolute Gasteiger partial charge is 0.313 e. The quantitative estimate of drug-likeness (QED) is 0.453. The highest BCUT2D eigenvalue weighted by atomic mass is 32.1. The molecule has 1 atom stereocenters. The topological polar surface area (TPSA) is 59.8 Å². The molecule has 2 aliphatic rings. The number of para-hydroxylation sites is 1. The van der Waals surface area contributed by atoms with Gasteiger partial charge in [0.15, 0.2) is 0 Å². The maximum absolute atomic E-state index is 13.5. The van der Waals surface area contributed by atoms with Gasteiger partial charge in [0, 0.05) is 22.5 Å². The van der Waals surface area contributed by atoms with Gasteiger partial charge >= 0.3 is 0 Å². The van der Waals surface area contributed by atoms with Crippen LogP contribution in [0.2, 0.25) is 0 Å². The van der Waals surface area contributed by atoms with Crippen molar-refractivity contribution >= 4 is 32.5 Å². The highest BCUT2D eigenvalue weighted by Gasteiger charge is 2.26. The van der Waals surface area contributed by atoms with Crippen LogP contribution >= 0.6 is 11.3 Å². The molecule has 2 aliphatic carbocycles. The molecule has 1 fully saturated rings. The number of aryl methyl sites for hydroxylation is 1. The zero-order valence-electron chi connectivity index (χ0n) is 18.9. The lowest BCUT2D eigenvalue weighted by Gasteiger charge is -2.27. The molecule has 0 bridgehead atoms. The third-order valence-corrected chi connectivity index (χ3v) is 8.68. The van der Waals surface area contributed by atoms with Crippen molar-refractivity contribution in [3.05, 3.63) is 69.2 Å². The zero-order valence-corrected chi connectivity index (χ0v) is 19.7. The van der Waals surface area contributed by atoms with E-state index in [1.807, 2.05) is 18.3 Å². The van der Waals surface area contributed by atoms with E-state index in [4.69, 9.17) is 4.98 Å². The molecular weight excluding hydrogens is 428 g/mol. The smallest absolute Gasteiger partial charge is 0.262 e. The average molecular weight is 459 g/mol. The van der Waals surface area contributed by atoms with Crippen molar-refractivity contribution in [2.75, 3.05) is 6.54 Å². The number of benzene rings is 1. The lowest BCUT2D eigenvalue weighted by Crippen LogP contribution is -2.37. The Labute approximate surface area is 197 Å². The van der Waals surface area contributed by atoms with E-state index in [1.54, 1.807) is 22.2 Å². The van der Waals surface area contributed by atoms with E-state index in [1.165, 1.54) is 42.5 Å². The molecule has 4 aromatic rings. The number of thiophene rings is 1. The van der Waals surface area contributed by atoms with E-state index < -0.39 is 0 Å². The predicted octanol–water partition coefficient (Wildman–Crippen LogP) is 5.08. The summed E-state index contributed by atoms with van der Waals surface area (Å²) in [7, 11) is 0. The lowest BCUT2D eigenvalue weighted by atomic mass is 9.88. The monoisotopic (exact) mass is 458 g/mol. The Balaban J connectivity index is 1.25. The number of nitrogens with zero attached hydrogens (tertiary/aromatic N) is 3. The van der Waals surface area contributed by atoms with Gasteiger partial charge in [0.1, 0.15) is 4.83 Å². The summed E-state index contributed by atoms with van der Waals surface area (Å²) < 4.78 is 1.76. The molecule has 0 amide bonds. The van der Waals surface area contributed by atoms with E-state index in [-0.39, 0.29) is 5.56 Å². The summed E-state index contributed by atoms with van der Waals surface area (Å²) in [6.45, 7) is 1.64. The molecule has 6 heteroatoms. The highest BCUT2D eigenvalue weighted by Crippen LogP contribution is 2.34. The summed E-state index contributed by atoms with van der Waals surface area (Å²) in [4.78, 5) is 25.0. The number of hydrogen-bond donors (Lipinski definition) is 1. The van der Waals surface area contributed by atoms with Gasteiger partial charge in [0.25, 0.3) is 5.56 Å². The number of rotatable bonds is 5. The van der Waals surface area contributed by atoms with Crippen molar-refractivity contribution in [1.82, 2.24) is 19.9 Å². The second kappa shape index (κ2) is 8.99. The van der Waals surface area contributed by atoms with E-state index in [9.17, 15) is 4.79 Å². The minimum atomic E-state index is 0.0825. The van der Waals surface area contributed by atoms with Crippen molar-refractivity contribution < 1.29 is 0 Å². The summed E-state index contributed by atoms with van der Waals surface area (Å²) >= 11 is 1.72. The summed E-state index contributed by atoms with van der Waals surface area (Å²) in [5.41, 5.74) is 3.33. The first-order valence-corrected chi connectivity index (χ1v) is 13.1. The molecule has 0 saturated heterocycles. The number of aromatic nitrogens is 3. The average Bonchev–Trinajstić information content (AvgIpc) is 3.24. The summed E-state index contributed by atoms with van der Waals surface area (Å²) in [5.74, 6) is 0.847. The lowest BCUT2D eigenvalue weighted by molar-refractivity contribution is 0.319. The van der Waals surface area contributed by atoms with E-state index >= 15 is 0 Å². The van der Waals surface area contributed by atoms with Gasteiger partial charge in [-0.3, -0.25) is 14.3 Å². The first kappa shape index (κ1) is 21.0. The van der Waals surface area contributed by atoms with E-state index in [2.05, 4.69) is 28.5 Å². The van der Waals surface area contributed by atoms with Crippen molar-refractivity contribution in [2.45, 2.75) is 64.0 Å². The minimum Gasteiger partial charge on any atom is -0.313 e. The number of nitrogens with one attached hydrogen (secondary N) is 1. The summed E-state index contributed by atoms with van der Waals surface area (Å²) in [6, 6.07) is 10.7. The summed E-state index contributed by atoms with van der Waals surface area (Å²) in [6.07, 6.45) is 13.6. The molecule has 1 unspecified atom stereocenters. The maximum Gasteiger partial charge on any atom is 0.262 e. The number of fused-ring (bicyclic) bond motifs is 4. The van der Waals surface area contributed by atoms with Gasteiger partial charge in [0.2, 0.25) is 0 Å². The molecule has 1 saturated carbocycles. The van der Waals surface area contributed by atoms with Crippen LogP contribution in [0, 0.1) is 5.92 Å². The van der Waals surface area contributed by atoms with Crippen LogP contribution in [0.5, 0.6) is 0 Å². The van der Waals surface area contributed by atoms with Gasteiger partial charge in [-0.1, -0.05) is 43.5 Å². The molecule has 6 rings (SSSR count). The number of hydrogen-bond acceptors (Lipinski definition) is 5. The Hall–Kier alpha value is -2.57. The molecule has 5 nitrogen and oxygen atoms in total. The van der Waals surface area contributed by atoms with Gasteiger partial charge in [-0.2, -0.15) is 0 Å². The fourth-order valence-corrected chi connectivity index (χ4v) is 6.95. The van der Waals surface area contributed by atoms with Crippen LogP contribution < -0.4 is 10.9 Å². The zero-order chi connectivity index (χ0) is 22.2. The number of pyridine rings is 1. The first-order chi connectivity index (χ1) is 16.3. The maximum atomic E-state index is 13.5. The van der Waals surface area contributed by atoms with E-state index in [0.717, 1.165) is 58.4 Å². The van der Waals surface area contributed by atoms with Gasteiger partial charge in [0.05, 0.1) is 23.8 Å². The first-order valence-electron chi connectivity index (χ1n) is 12.3. The molecule has 0 aliphatic heterocycles. The Bertz CT molecular complexity index is 1350. The van der Waals surface area contributed by atoms with Gasteiger partial charge in [-0.15, -0.1) is 11.3 Å². The van der Waals surface area contributed by atoms with Crippen LogP contribution in [0.1, 0.15) is 54.5 Å². The molecule has 1 N–H and O–H groups in total. The van der Waals surface area contributed by atoms with Crippen LogP contribution in [0.15, 0.2) is 47.7 Å². The molecule has 1 aromatic carbocycles. The van der Waals surface area contributed by atoms with Crippen molar-refractivity contribution in [3.8, 4) is 0 Å². The van der Waals surface area contributed by atoms with E-state index in [0.29, 0.717) is 12.6 Å². The SMILES string of the molecule is O=c1c2c3c(sc2ncn1Cc1cccc2cccnc12)CC(NCC1CCCCC1)CC3. The summed E-state index contributed by atoms with van der Waals surface area (Å²) in [5, 5.41) is 5.79. The molecule has 33 heavy (non-hydrogen) atoms. The fourth-order valence-electron chi connectivity index (χ4n) is 5.69. The fraction of sp³-hybridized carbons (Fsp3) is 0.444. The Morgan fingerprint density at radius 2 is 1.94 bits per heavy atom. The van der Waals surface area contributed by atoms with Crippen molar-refractivity contribution in [3.63, 3.8) is 0 Å². The Morgan fingerprint density at radius 1 is 1.06 bits per heavy atom. The van der Waals surface area contributed by atoms with Gasteiger partial charge in [-0.05, 0) is 61.8 Å². The molecule has 0 radical (unpaired) electrons. The molecule has 170 valence electrons. The van der Waals surface area contributed by atoms with Gasteiger partial charge in [-0.25, -0.2) is 4.98 Å². The molecule has 3 heterocycles. The van der Waals surface area contributed by atoms with Gasteiger partial charge < -0.3 is 5.32 Å². The van der Waals surface area contributed by atoms with Crippen LogP contribution in [0.25, 0.3) is 21.1 Å². The molecule has 3 aromatic heterocycles. The van der Waals surface area contributed by atoms with Crippen LogP contribution in [0.4, 0.5) is 0 Å². The third kappa shape index (κ3) is 4.11. The van der Waals surface area contributed by atoms with Crippen LogP contribution in [0.3, 0.4) is 0 Å². The second-order valence-corrected chi connectivity index (χ2v) is 10.8. The van der Waals surface area contributed by atoms with Crippen LogP contribution in [-0.2, 0) is 19.4 Å². The molecular formula is C27H30N4OS. The highest BCUT2D eigenvalue weighted by molar-refractivity contribution is 7.18. The Morgan fingerprint density at radius 3 is 2.85 bits per heavy atom. The Kier molecular flexibility index (Phi) is 5.72. The predicted molar refractivity (Wildman–Crippen MR) is 135 cm³/mol. The van der Waals surface area contributed by atoms with Crippen molar-refractivity contribution in [2.24, 2.45) is 5.92 Å². The minimum absolute atomic E-state index is 0.0825. The molecule has 0 spiro atoms. The standard InChI is InChI=1S/C27H30N4OS/c32-27-24-22-12-11-21(29-15-18-6-2-1-3-7-18)14-23(22)33-26(24)30-17-31(27)16-20-9-4-8-19-10-5-13-28-25(19)20/h4-5,8-10,13,17-18,21,29H,1-3,6-7,11-12,14-16H2. The van der Waals surface area contributed by atoms with Crippen molar-refractivity contribution in [1.29, 1.82) is 0 Å². The second-order valence-electron chi connectivity index (χ2n) is 9.71. The third-order valence-electron chi connectivity index (χ3n) is 7.51. The normalized spacial score (nSPS) is 19.2.